The minimum atomic E-state index is 0.305. The second-order valence-electron chi connectivity index (χ2n) is 4.71. The molecule has 1 N–H and O–H groups in total. The van der Waals surface area contributed by atoms with Gasteiger partial charge in [0.05, 0.1) is 6.54 Å². The number of likely N-dealkylation sites (N-methyl/N-ethyl adjacent to an activating group) is 1. The van der Waals surface area contributed by atoms with Crippen LogP contribution in [0, 0.1) is 6.92 Å². The van der Waals surface area contributed by atoms with Crippen LogP contribution in [0.15, 0.2) is 23.2 Å². The Balaban J connectivity index is 2.65. The fraction of sp³-hybridized carbons (Fsp3) is 0.533. The lowest BCUT2D eigenvalue weighted by atomic mass is 10.1. The van der Waals surface area contributed by atoms with E-state index in [1.807, 2.05) is 37.1 Å². The molecule has 1 aromatic rings. The predicted molar refractivity (Wildman–Crippen MR) is 93.6 cm³/mol. The van der Waals surface area contributed by atoms with Gasteiger partial charge in [-0.2, -0.15) is 11.8 Å². The highest BCUT2D eigenvalue weighted by Crippen LogP contribution is 2.23. The van der Waals surface area contributed by atoms with E-state index in [2.05, 4.69) is 23.2 Å². The molecule has 20 heavy (non-hydrogen) atoms. The van der Waals surface area contributed by atoms with E-state index in [0.717, 1.165) is 41.6 Å². The van der Waals surface area contributed by atoms with Crippen LogP contribution in [0.5, 0.6) is 5.75 Å². The van der Waals surface area contributed by atoms with E-state index in [-0.39, 0.29) is 0 Å². The van der Waals surface area contributed by atoms with Gasteiger partial charge >= 0.3 is 0 Å². The summed E-state index contributed by atoms with van der Waals surface area (Å²) in [6.07, 6.45) is 4.12. The number of nitrogens with zero attached hydrogens (tertiary/aromatic N) is 2. The molecule has 0 radical (unpaired) electrons. The molecule has 1 rings (SSSR count). The highest BCUT2D eigenvalue weighted by molar-refractivity contribution is 8.13. The highest BCUT2D eigenvalue weighted by Gasteiger charge is 2.08. The molecule has 0 bridgehead atoms. The smallest absolute Gasteiger partial charge is 0.125 e. The summed E-state index contributed by atoms with van der Waals surface area (Å²) in [6, 6.07) is 5.63. The largest absolute Gasteiger partial charge is 0.507 e. The topological polar surface area (TPSA) is 35.8 Å². The summed E-state index contributed by atoms with van der Waals surface area (Å²) in [4.78, 5) is 6.92. The maximum absolute atomic E-state index is 9.95. The summed E-state index contributed by atoms with van der Waals surface area (Å²) >= 11 is 3.44. The van der Waals surface area contributed by atoms with Gasteiger partial charge in [-0.1, -0.05) is 11.6 Å². The minimum absolute atomic E-state index is 0.305. The van der Waals surface area contributed by atoms with E-state index in [9.17, 15) is 5.11 Å². The Bertz CT molecular complexity index is 449. The van der Waals surface area contributed by atoms with Crippen LogP contribution in [0.2, 0.25) is 0 Å². The van der Waals surface area contributed by atoms with Crippen molar-refractivity contribution in [3.63, 3.8) is 0 Å². The molecule has 0 atom stereocenters. The molecule has 0 amide bonds. The van der Waals surface area contributed by atoms with E-state index in [1.165, 1.54) is 0 Å². The molecule has 0 aliphatic carbocycles. The lowest BCUT2D eigenvalue weighted by molar-refractivity contribution is 0.366. The minimum Gasteiger partial charge on any atom is -0.507 e. The van der Waals surface area contributed by atoms with Crippen LogP contribution in [0.4, 0.5) is 0 Å². The maximum atomic E-state index is 9.95. The summed E-state index contributed by atoms with van der Waals surface area (Å²) in [5.41, 5.74) is 1.97. The van der Waals surface area contributed by atoms with Gasteiger partial charge in [0, 0.05) is 24.4 Å². The molecular formula is C15H24N2OS2. The molecule has 0 aliphatic rings. The molecule has 3 nitrogen and oxygen atoms in total. The van der Waals surface area contributed by atoms with Gasteiger partial charge < -0.3 is 10.0 Å². The van der Waals surface area contributed by atoms with Crippen LogP contribution in [0.1, 0.15) is 11.1 Å². The van der Waals surface area contributed by atoms with Crippen molar-refractivity contribution < 1.29 is 5.11 Å². The maximum Gasteiger partial charge on any atom is 0.125 e. The van der Waals surface area contributed by atoms with Crippen molar-refractivity contribution in [1.82, 2.24) is 4.90 Å². The van der Waals surface area contributed by atoms with E-state index in [4.69, 9.17) is 0 Å². The van der Waals surface area contributed by atoms with Crippen molar-refractivity contribution in [3.8, 4) is 5.75 Å². The number of aryl methyl sites for hydroxylation is 1. The zero-order valence-corrected chi connectivity index (χ0v) is 14.4. The van der Waals surface area contributed by atoms with Crippen molar-refractivity contribution in [3.05, 3.63) is 29.3 Å². The first kappa shape index (κ1) is 17.4. The number of phenolic OH excluding ortho intramolecular Hbond substituents is 1. The molecule has 0 aliphatic heterocycles. The van der Waals surface area contributed by atoms with Crippen molar-refractivity contribution in [1.29, 1.82) is 0 Å². The number of aromatic hydroxyl groups is 1. The standard InChI is InChI=1S/C15H24N2OS2/c1-12-5-6-14(18)13(11-12)15(20-4)16-7-8-17(2)9-10-19-3/h5-6,11,18H,7-10H2,1-4H3/b16-15-. The highest BCUT2D eigenvalue weighted by atomic mass is 32.2. The summed E-state index contributed by atoms with van der Waals surface area (Å²) in [6.45, 7) is 4.81. The van der Waals surface area contributed by atoms with Gasteiger partial charge in [0.2, 0.25) is 0 Å². The van der Waals surface area contributed by atoms with Gasteiger partial charge in [0.1, 0.15) is 10.8 Å². The number of hydrogen-bond donors (Lipinski definition) is 1. The molecule has 112 valence electrons. The summed E-state index contributed by atoms with van der Waals surface area (Å²) < 4.78 is 0. The predicted octanol–water partition coefficient (Wildman–Crippen LogP) is 3.11. The van der Waals surface area contributed by atoms with E-state index in [1.54, 1.807) is 17.8 Å². The Hall–Kier alpha value is -0.650. The molecule has 5 heteroatoms. The number of phenols is 1. The average molecular weight is 313 g/mol. The Morgan fingerprint density at radius 2 is 2.05 bits per heavy atom. The molecule has 0 unspecified atom stereocenters. The molecule has 0 spiro atoms. The third-order valence-electron chi connectivity index (χ3n) is 2.99. The second kappa shape index (κ2) is 9.32. The van der Waals surface area contributed by atoms with E-state index < -0.39 is 0 Å². The lowest BCUT2D eigenvalue weighted by Gasteiger charge is -2.14. The normalized spacial score (nSPS) is 12.2. The third-order valence-corrected chi connectivity index (χ3v) is 4.32. The molecule has 0 fully saturated rings. The van der Waals surface area contributed by atoms with E-state index in [0.29, 0.717) is 5.75 Å². The summed E-state index contributed by atoms with van der Waals surface area (Å²) in [5, 5.41) is 10.9. The van der Waals surface area contributed by atoms with Gasteiger partial charge in [-0.3, -0.25) is 4.99 Å². The Labute approximate surface area is 130 Å². The van der Waals surface area contributed by atoms with Crippen LogP contribution in [-0.2, 0) is 0 Å². The molecule has 0 saturated carbocycles. The zero-order valence-electron chi connectivity index (χ0n) is 12.7. The number of rotatable bonds is 7. The van der Waals surface area contributed by atoms with Crippen LogP contribution in [0.25, 0.3) is 0 Å². The number of aliphatic imine (C=N–C) groups is 1. The summed E-state index contributed by atoms with van der Waals surface area (Å²) in [7, 11) is 2.12. The van der Waals surface area contributed by atoms with Crippen LogP contribution in [0.3, 0.4) is 0 Å². The molecule has 1 aromatic carbocycles. The fourth-order valence-electron chi connectivity index (χ4n) is 1.76. The van der Waals surface area contributed by atoms with Crippen molar-refractivity contribution >= 4 is 28.6 Å². The first-order valence-electron chi connectivity index (χ1n) is 6.64. The van der Waals surface area contributed by atoms with Gasteiger partial charge in [0.15, 0.2) is 0 Å². The number of benzene rings is 1. The van der Waals surface area contributed by atoms with Crippen molar-refractivity contribution in [2.75, 3.05) is 44.9 Å². The quantitative estimate of drug-likeness (QED) is 0.620. The second-order valence-corrected chi connectivity index (χ2v) is 6.49. The SMILES string of the molecule is CSCCN(C)CC/N=C(\SC)c1cc(C)ccc1O. The number of thioether (sulfide) groups is 2. The Morgan fingerprint density at radius 1 is 1.30 bits per heavy atom. The van der Waals surface area contributed by atoms with Crippen molar-refractivity contribution in [2.24, 2.45) is 4.99 Å². The third kappa shape index (κ3) is 5.77. The van der Waals surface area contributed by atoms with Gasteiger partial charge in [0.25, 0.3) is 0 Å². The Morgan fingerprint density at radius 3 is 2.70 bits per heavy atom. The fourth-order valence-corrected chi connectivity index (χ4v) is 2.86. The molecule has 0 aromatic heterocycles. The number of hydrogen-bond acceptors (Lipinski definition) is 5. The molecule has 0 saturated heterocycles. The van der Waals surface area contributed by atoms with Gasteiger partial charge in [-0.25, -0.2) is 0 Å². The monoisotopic (exact) mass is 312 g/mol. The first-order chi connectivity index (χ1) is 9.58. The average Bonchev–Trinajstić information content (AvgIpc) is 2.44. The molecular weight excluding hydrogens is 288 g/mol. The summed E-state index contributed by atoms with van der Waals surface area (Å²) in [5.74, 6) is 1.45. The van der Waals surface area contributed by atoms with Crippen LogP contribution < -0.4 is 0 Å². The van der Waals surface area contributed by atoms with Crippen molar-refractivity contribution in [2.45, 2.75) is 6.92 Å². The Kier molecular flexibility index (Phi) is 8.11. The van der Waals surface area contributed by atoms with Crippen LogP contribution in [-0.4, -0.2) is 60.0 Å². The van der Waals surface area contributed by atoms with Crippen LogP contribution >= 0.6 is 23.5 Å². The van der Waals surface area contributed by atoms with Gasteiger partial charge in [-0.15, -0.1) is 11.8 Å². The zero-order chi connectivity index (χ0) is 15.0. The van der Waals surface area contributed by atoms with E-state index >= 15 is 0 Å². The first-order valence-corrected chi connectivity index (χ1v) is 9.26. The molecule has 0 heterocycles. The lowest BCUT2D eigenvalue weighted by Crippen LogP contribution is -2.24. The van der Waals surface area contributed by atoms with Gasteiger partial charge in [-0.05, 0) is 38.6 Å².